The maximum atomic E-state index is 14.1. The van der Waals surface area contributed by atoms with Gasteiger partial charge in [0.05, 0.1) is 38.7 Å². The van der Waals surface area contributed by atoms with Crippen molar-refractivity contribution in [3.05, 3.63) is 0 Å². The Bertz CT molecular complexity index is 3220. The van der Waals surface area contributed by atoms with Gasteiger partial charge in [0.25, 0.3) is 0 Å². The molecule has 2 heterocycles. The first-order valence-corrected chi connectivity index (χ1v) is 33.6. The zero-order valence-corrected chi connectivity index (χ0v) is 58.8. The summed E-state index contributed by atoms with van der Waals surface area (Å²) in [5.74, 6) is -22.7. The molecule has 31 N–H and O–H groups in total. The smallest absolute Gasteiger partial charge is 0.326 e. The van der Waals surface area contributed by atoms with E-state index in [9.17, 15) is 117 Å². The van der Waals surface area contributed by atoms with E-state index in [1.54, 1.807) is 0 Å². The van der Waals surface area contributed by atoms with Crippen LogP contribution in [0.1, 0.15) is 118 Å². The molecule has 0 aliphatic carbocycles. The van der Waals surface area contributed by atoms with Crippen molar-refractivity contribution < 1.29 is 117 Å². The van der Waals surface area contributed by atoms with Crippen LogP contribution >= 0.6 is 0 Å². The number of carbonyl (C=O) groups is 18. The normalized spacial score (nSPS) is 17.3. The van der Waals surface area contributed by atoms with E-state index in [0.717, 1.165) is 16.7 Å². The second-order valence-electron chi connectivity index (χ2n) is 25.2. The molecule has 0 saturated carbocycles. The van der Waals surface area contributed by atoms with Gasteiger partial charge in [-0.05, 0) is 84.0 Å². The summed E-state index contributed by atoms with van der Waals surface area (Å²) in [4.78, 5) is 239. The molecule has 0 aromatic carbocycles. The van der Waals surface area contributed by atoms with Crippen LogP contribution in [0, 0.1) is 16.7 Å². The summed E-state index contributed by atoms with van der Waals surface area (Å²) in [5, 5.41) is 104. The number of likely N-dealkylation sites (tertiary alicyclic amines) is 2. The van der Waals surface area contributed by atoms with E-state index in [2.05, 4.69) is 69.1 Å². The monoisotopic (exact) mass is 1510 g/mol. The maximum Gasteiger partial charge on any atom is 0.326 e. The predicted octanol–water partition coefficient (Wildman–Crippen LogP) is -12.6. The van der Waals surface area contributed by atoms with E-state index in [4.69, 9.17) is 39.5 Å². The van der Waals surface area contributed by atoms with Gasteiger partial charge in [-0.3, -0.25) is 92.3 Å². The molecular formula is C60H100N22O24. The Morgan fingerprint density at radius 1 is 0.453 bits per heavy atom. The van der Waals surface area contributed by atoms with Crippen LogP contribution in [0.5, 0.6) is 0 Å². The van der Waals surface area contributed by atoms with Gasteiger partial charge in [0.2, 0.25) is 88.6 Å². The van der Waals surface area contributed by atoms with Gasteiger partial charge in [-0.1, -0.05) is 13.8 Å². The molecule has 15 amide bonds. The Balaban J connectivity index is 2.24. The summed E-state index contributed by atoms with van der Waals surface area (Å²) in [6.45, 7) is 1.69. The van der Waals surface area contributed by atoms with Crippen molar-refractivity contribution >= 4 is 118 Å². The first-order valence-electron chi connectivity index (χ1n) is 33.6. The first kappa shape index (κ1) is 90.9. The molecule has 46 heteroatoms. The van der Waals surface area contributed by atoms with Gasteiger partial charge in [0.15, 0.2) is 11.9 Å². The van der Waals surface area contributed by atoms with E-state index in [1.165, 1.54) is 20.8 Å². The lowest BCUT2D eigenvalue weighted by Crippen LogP contribution is -2.61. The number of rotatable bonds is 47. The maximum absolute atomic E-state index is 14.1. The highest BCUT2D eigenvalue weighted by atomic mass is 16.4. The molecule has 2 aliphatic rings. The highest BCUT2D eigenvalue weighted by Gasteiger charge is 2.44. The topological polar surface area (TPSA) is 769 Å². The molecule has 0 aromatic rings. The van der Waals surface area contributed by atoms with Crippen LogP contribution in [-0.4, -0.2) is 289 Å². The number of hydrogen-bond donors (Lipinski definition) is 26. The average Bonchev–Trinajstić information content (AvgIpc) is 1.64. The Hall–Kier alpha value is -11.2. The Morgan fingerprint density at radius 3 is 1.36 bits per heavy atom. The highest BCUT2D eigenvalue weighted by Crippen LogP contribution is 2.23. The van der Waals surface area contributed by atoms with Gasteiger partial charge < -0.3 is 138 Å². The quantitative estimate of drug-likeness (QED) is 0.0153. The van der Waals surface area contributed by atoms with Crippen molar-refractivity contribution in [3.63, 3.8) is 0 Å². The SMILES string of the molecule is CC(C)[C@H](NC(=O)[C@H](CO)NC(=O)[C@H](C)NC(=O)[C@H](CCCNC(=N)N)NC(=O)[C@H](CC(N)=O)NC(=O)[C@@H](N)[C@@H](C)O)C(=O)NCC(=O)N[C@@H](CCC(N)=O)C(=O)N[C@@H](CC(=O)O)C(=O)N[C@@H](CO)C(=O)N1CCC[C@H]1C(=O)N[C@@H](CCC(=O)O)C(=O)N1CCC[C@H]1C(=O)N[C@@H](CCCNC(=N)N)C(=O)O. The number of nitrogens with one attached hydrogen (secondary N) is 15. The van der Waals surface area contributed by atoms with Gasteiger partial charge in [0.1, 0.15) is 78.5 Å². The molecule has 594 valence electrons. The van der Waals surface area contributed by atoms with E-state index >= 15 is 0 Å². The number of carboxylic acid groups (broad SMARTS) is 3. The van der Waals surface area contributed by atoms with Gasteiger partial charge in [-0.15, -0.1) is 0 Å². The minimum absolute atomic E-state index is 0.00584. The number of aliphatic hydroxyl groups excluding tert-OH is 3. The minimum Gasteiger partial charge on any atom is -0.481 e. The zero-order chi connectivity index (χ0) is 80.4. The molecule has 0 spiro atoms. The summed E-state index contributed by atoms with van der Waals surface area (Å²) in [7, 11) is 0. The lowest BCUT2D eigenvalue weighted by atomic mass is 10.0. The number of carboxylic acids is 3. The van der Waals surface area contributed by atoms with Crippen molar-refractivity contribution in [3.8, 4) is 0 Å². The van der Waals surface area contributed by atoms with Crippen LogP contribution in [-0.2, 0) is 86.3 Å². The van der Waals surface area contributed by atoms with Crippen LogP contribution in [0.3, 0.4) is 0 Å². The van der Waals surface area contributed by atoms with Crippen molar-refractivity contribution in [2.75, 3.05) is 45.9 Å². The highest BCUT2D eigenvalue weighted by molar-refractivity contribution is 6.01. The molecule has 2 fully saturated rings. The fourth-order valence-electron chi connectivity index (χ4n) is 10.7. The number of carbonyl (C=O) groups excluding carboxylic acids is 15. The van der Waals surface area contributed by atoms with Gasteiger partial charge >= 0.3 is 17.9 Å². The molecule has 2 saturated heterocycles. The third-order valence-corrected chi connectivity index (χ3v) is 16.4. The second kappa shape index (κ2) is 45.2. The molecule has 2 rings (SSSR count). The fourth-order valence-corrected chi connectivity index (χ4v) is 10.7. The summed E-state index contributed by atoms with van der Waals surface area (Å²) in [6, 6.07) is -21.5. The van der Waals surface area contributed by atoms with Gasteiger partial charge in [-0.2, -0.15) is 0 Å². The number of amides is 15. The number of aliphatic hydroxyl groups is 3. The zero-order valence-electron chi connectivity index (χ0n) is 58.8. The van der Waals surface area contributed by atoms with Crippen molar-refractivity contribution in [2.24, 2.45) is 34.6 Å². The van der Waals surface area contributed by atoms with E-state index < -0.39 is 261 Å². The lowest BCUT2D eigenvalue weighted by Gasteiger charge is -2.32. The molecule has 0 aromatic heterocycles. The summed E-state index contributed by atoms with van der Waals surface area (Å²) in [6.07, 6.45) is -5.69. The third kappa shape index (κ3) is 31.4. The summed E-state index contributed by atoms with van der Waals surface area (Å²) >= 11 is 0. The molecular weight excluding hydrogens is 1410 g/mol. The fraction of sp³-hybridized carbons (Fsp3) is 0.667. The molecule has 0 radical (unpaired) electrons. The lowest BCUT2D eigenvalue weighted by molar-refractivity contribution is -0.146. The van der Waals surface area contributed by atoms with Crippen LogP contribution < -0.4 is 97.8 Å². The molecule has 0 bridgehead atoms. The van der Waals surface area contributed by atoms with Crippen molar-refractivity contribution in [1.82, 2.24) is 78.9 Å². The average molecular weight is 1510 g/mol. The van der Waals surface area contributed by atoms with Gasteiger partial charge in [0, 0.05) is 39.0 Å². The minimum atomic E-state index is -2.13. The van der Waals surface area contributed by atoms with E-state index in [1.807, 2.05) is 0 Å². The van der Waals surface area contributed by atoms with Gasteiger partial charge in [-0.25, -0.2) is 4.79 Å². The number of hydrogen-bond acceptors (Lipinski definition) is 24. The van der Waals surface area contributed by atoms with Crippen molar-refractivity contribution in [1.29, 1.82) is 10.8 Å². The predicted molar refractivity (Wildman–Crippen MR) is 363 cm³/mol. The molecule has 2 aliphatic heterocycles. The Labute approximate surface area is 606 Å². The molecule has 0 unspecified atom stereocenters. The van der Waals surface area contributed by atoms with Crippen LogP contribution in [0.4, 0.5) is 0 Å². The summed E-state index contributed by atoms with van der Waals surface area (Å²) in [5.41, 5.74) is 26.8. The molecule has 14 atom stereocenters. The number of nitrogens with two attached hydrogens (primary N) is 5. The van der Waals surface area contributed by atoms with Crippen molar-refractivity contribution in [2.45, 2.75) is 202 Å². The van der Waals surface area contributed by atoms with Crippen LogP contribution in [0.2, 0.25) is 0 Å². The first-order chi connectivity index (χ1) is 49.6. The Kier molecular flexibility index (Phi) is 38.7. The standard InChI is InChI=1S/C60H100N22O24/c1-26(2)45(80-51(98)35(24-83)78-46(93)27(3)71-47(94)29(9-5-17-68-59(64)65)73-49(96)33(21-40(62)87)77-54(101)44(63)28(4)85)55(102)70-23-41(88)72-30(13-15-39(61)86)48(95)76-34(22-43(91)92)50(97)79-36(25-84)57(104)82-20-8-11-37(82)52(99)74-31(14-16-42(89)90)56(103)81-19-7-12-38(81)53(100)75-32(58(105)106)10-6-18-69-60(66)67/h26-38,44-45,83-85H,5-25,63H2,1-4H3,(H2,61,86)(H2,62,87)(H,70,102)(H,71,94)(H,72,88)(H,73,96)(H,74,99)(H,75,100)(H,76,95)(H,77,101)(H,78,93)(H,79,97)(H,80,98)(H,89,90)(H,91,92)(H,105,106)(H4,64,65,68)(H4,66,67,69)/t27-,28+,29-,30-,31-,32-,33-,34-,35-,36-,37-,38-,44-,45-/m0/s1. The van der Waals surface area contributed by atoms with Crippen LogP contribution in [0.25, 0.3) is 0 Å². The van der Waals surface area contributed by atoms with E-state index in [-0.39, 0.29) is 83.5 Å². The number of guanidine groups is 2. The second-order valence-corrected chi connectivity index (χ2v) is 25.2. The molecule has 46 nitrogen and oxygen atoms in total. The number of primary amides is 2. The Morgan fingerprint density at radius 2 is 0.887 bits per heavy atom. The van der Waals surface area contributed by atoms with Crippen LogP contribution in [0.15, 0.2) is 0 Å². The largest absolute Gasteiger partial charge is 0.481 e. The molecule has 106 heavy (non-hydrogen) atoms. The number of aliphatic carboxylic acids is 3. The third-order valence-electron chi connectivity index (χ3n) is 16.4. The summed E-state index contributed by atoms with van der Waals surface area (Å²) < 4.78 is 0. The number of nitrogens with zero attached hydrogens (tertiary/aromatic N) is 2. The van der Waals surface area contributed by atoms with E-state index in [0.29, 0.717) is 0 Å².